The summed E-state index contributed by atoms with van der Waals surface area (Å²) in [5, 5.41) is 11.7. The number of carbonyl (C=O) groups excluding carboxylic acids is 1. The van der Waals surface area contributed by atoms with Crippen molar-refractivity contribution < 1.29 is 23.8 Å². The number of nitrogens with two attached hydrogens (primary N) is 2. The van der Waals surface area contributed by atoms with E-state index < -0.39 is 17.9 Å². The summed E-state index contributed by atoms with van der Waals surface area (Å²) in [5.41, 5.74) is 11.2. The second-order valence-electron chi connectivity index (χ2n) is 5.94. The van der Waals surface area contributed by atoms with Crippen LogP contribution in [0.15, 0.2) is 45.8 Å². The molecule has 1 aromatic carbocycles. The molecule has 1 atom stereocenters. The Balaban J connectivity index is 2.02. The first-order chi connectivity index (χ1) is 13.4. The summed E-state index contributed by atoms with van der Waals surface area (Å²) in [6.45, 7) is 2.70. The predicted molar refractivity (Wildman–Crippen MR) is 104 cm³/mol. The third kappa shape index (κ3) is 6.04. The summed E-state index contributed by atoms with van der Waals surface area (Å²) in [6, 6.07) is 9.34. The topological polar surface area (TPSA) is 153 Å². The molecular formula is C19H24N4O5. The number of nitrogens with one attached hydrogen (secondary N) is 1. The molecule has 150 valence electrons. The predicted octanol–water partition coefficient (Wildman–Crippen LogP) is 1.58. The molecule has 0 saturated heterocycles. The van der Waals surface area contributed by atoms with Crippen LogP contribution in [0.3, 0.4) is 0 Å². The number of hydrogen-bond acceptors (Lipinski definition) is 5. The number of hydrogen-bond donors (Lipinski definition) is 4. The lowest BCUT2D eigenvalue weighted by molar-refractivity contribution is -0.139. The van der Waals surface area contributed by atoms with Crippen LogP contribution in [-0.2, 0) is 4.79 Å². The molecule has 28 heavy (non-hydrogen) atoms. The van der Waals surface area contributed by atoms with E-state index in [0.29, 0.717) is 24.5 Å². The fourth-order valence-electron chi connectivity index (χ4n) is 2.51. The molecule has 0 fully saturated rings. The number of aliphatic imine (C=N–C) groups is 1. The zero-order valence-corrected chi connectivity index (χ0v) is 15.6. The van der Waals surface area contributed by atoms with Crippen LogP contribution in [0, 0.1) is 0 Å². The molecule has 9 heteroatoms. The largest absolute Gasteiger partial charge is 0.494 e. The molecule has 0 spiro atoms. The molecule has 0 aliphatic rings. The molecule has 0 saturated carbocycles. The van der Waals surface area contributed by atoms with Gasteiger partial charge in [0.05, 0.1) is 6.61 Å². The SMILES string of the molecule is CCOc1cccc(-c2ccc(C(=O)N[C@H](CCCN=C(N)N)C(=O)O)o2)c1. The lowest BCUT2D eigenvalue weighted by Crippen LogP contribution is -2.40. The van der Waals surface area contributed by atoms with E-state index in [-0.39, 0.29) is 24.7 Å². The first-order valence-corrected chi connectivity index (χ1v) is 8.82. The van der Waals surface area contributed by atoms with E-state index in [9.17, 15) is 14.7 Å². The number of aliphatic carboxylic acids is 1. The number of guanidine groups is 1. The van der Waals surface area contributed by atoms with Gasteiger partial charge in [-0.1, -0.05) is 12.1 Å². The summed E-state index contributed by atoms with van der Waals surface area (Å²) in [6.07, 6.45) is 0.588. The van der Waals surface area contributed by atoms with Gasteiger partial charge in [0.2, 0.25) is 0 Å². The molecule has 0 aliphatic carbocycles. The second kappa shape index (κ2) is 10.0. The van der Waals surface area contributed by atoms with Gasteiger partial charge in [-0.2, -0.15) is 0 Å². The van der Waals surface area contributed by atoms with E-state index >= 15 is 0 Å². The number of carbonyl (C=O) groups is 2. The number of carboxylic acid groups (broad SMARTS) is 1. The average molecular weight is 388 g/mol. The van der Waals surface area contributed by atoms with Crippen molar-refractivity contribution in [2.24, 2.45) is 16.5 Å². The Morgan fingerprint density at radius 1 is 1.29 bits per heavy atom. The number of amides is 1. The van der Waals surface area contributed by atoms with Crippen LogP contribution < -0.4 is 21.5 Å². The Kier molecular flexibility index (Phi) is 7.44. The average Bonchev–Trinajstić information content (AvgIpc) is 3.14. The van der Waals surface area contributed by atoms with Crippen molar-refractivity contribution in [3.8, 4) is 17.1 Å². The second-order valence-corrected chi connectivity index (χ2v) is 5.94. The van der Waals surface area contributed by atoms with E-state index in [1.54, 1.807) is 12.1 Å². The maximum absolute atomic E-state index is 12.4. The van der Waals surface area contributed by atoms with Crippen molar-refractivity contribution in [3.05, 3.63) is 42.2 Å². The molecule has 0 unspecified atom stereocenters. The molecule has 2 aromatic rings. The minimum absolute atomic E-state index is 0.0206. The summed E-state index contributed by atoms with van der Waals surface area (Å²) in [4.78, 5) is 27.5. The van der Waals surface area contributed by atoms with Crippen LogP contribution in [-0.4, -0.2) is 42.1 Å². The van der Waals surface area contributed by atoms with Gasteiger partial charge in [0.25, 0.3) is 5.91 Å². The fraction of sp³-hybridized carbons (Fsp3) is 0.316. The Labute approximate surface area is 162 Å². The molecule has 9 nitrogen and oxygen atoms in total. The Morgan fingerprint density at radius 2 is 2.07 bits per heavy atom. The van der Waals surface area contributed by atoms with Gasteiger partial charge in [0.15, 0.2) is 11.7 Å². The first-order valence-electron chi connectivity index (χ1n) is 8.82. The Hall–Kier alpha value is -3.49. The van der Waals surface area contributed by atoms with Crippen molar-refractivity contribution in [3.63, 3.8) is 0 Å². The Bertz CT molecular complexity index is 842. The van der Waals surface area contributed by atoms with Gasteiger partial charge in [-0.15, -0.1) is 0 Å². The van der Waals surface area contributed by atoms with Gasteiger partial charge in [0.1, 0.15) is 17.6 Å². The molecule has 1 aromatic heterocycles. The molecule has 6 N–H and O–H groups in total. The highest BCUT2D eigenvalue weighted by atomic mass is 16.5. The van der Waals surface area contributed by atoms with Crippen molar-refractivity contribution in [1.82, 2.24) is 5.32 Å². The minimum Gasteiger partial charge on any atom is -0.494 e. The minimum atomic E-state index is -1.14. The number of rotatable bonds is 10. The highest BCUT2D eigenvalue weighted by molar-refractivity contribution is 5.94. The van der Waals surface area contributed by atoms with Gasteiger partial charge in [-0.25, -0.2) is 4.79 Å². The van der Waals surface area contributed by atoms with Gasteiger partial charge in [-0.3, -0.25) is 9.79 Å². The first kappa shape index (κ1) is 20.8. The van der Waals surface area contributed by atoms with E-state index in [1.165, 1.54) is 6.07 Å². The summed E-state index contributed by atoms with van der Waals surface area (Å²) in [7, 11) is 0. The molecule has 2 rings (SSSR count). The summed E-state index contributed by atoms with van der Waals surface area (Å²) in [5.74, 6) is -0.629. The standard InChI is InChI=1S/C19H24N4O5/c1-2-27-13-6-3-5-12(11-13)15-8-9-16(28-15)17(24)23-14(18(25)26)7-4-10-22-19(20)21/h3,5-6,8-9,11,14H,2,4,7,10H2,1H3,(H,23,24)(H,25,26)(H4,20,21,22)/t14-/m1/s1. The molecule has 1 amide bonds. The van der Waals surface area contributed by atoms with Crippen LogP contribution >= 0.6 is 0 Å². The molecule has 0 bridgehead atoms. The lowest BCUT2D eigenvalue weighted by Gasteiger charge is -2.13. The molecule has 1 heterocycles. The number of benzene rings is 1. The van der Waals surface area contributed by atoms with Gasteiger partial charge < -0.3 is 31.0 Å². The number of furan rings is 1. The summed E-state index contributed by atoms with van der Waals surface area (Å²) < 4.78 is 11.0. The van der Waals surface area contributed by atoms with E-state index in [1.807, 2.05) is 25.1 Å². The summed E-state index contributed by atoms with van der Waals surface area (Å²) >= 11 is 0. The quantitative estimate of drug-likeness (QED) is 0.274. The van der Waals surface area contributed by atoms with Crippen LogP contribution in [0.2, 0.25) is 0 Å². The van der Waals surface area contributed by atoms with Gasteiger partial charge in [-0.05, 0) is 44.0 Å². The van der Waals surface area contributed by atoms with Crippen LogP contribution in [0.1, 0.15) is 30.3 Å². The lowest BCUT2D eigenvalue weighted by atomic mass is 10.1. The number of nitrogens with zero attached hydrogens (tertiary/aromatic N) is 1. The van der Waals surface area contributed by atoms with Crippen molar-refractivity contribution >= 4 is 17.8 Å². The van der Waals surface area contributed by atoms with Crippen molar-refractivity contribution in [2.45, 2.75) is 25.8 Å². The Morgan fingerprint density at radius 3 is 2.75 bits per heavy atom. The van der Waals surface area contributed by atoms with Gasteiger partial charge in [0, 0.05) is 12.1 Å². The third-order valence-electron chi connectivity index (χ3n) is 3.81. The monoisotopic (exact) mass is 388 g/mol. The molecule has 0 aliphatic heterocycles. The van der Waals surface area contributed by atoms with Crippen molar-refractivity contribution in [2.75, 3.05) is 13.2 Å². The number of carboxylic acids is 1. The zero-order chi connectivity index (χ0) is 20.5. The molecule has 0 radical (unpaired) electrons. The third-order valence-corrected chi connectivity index (χ3v) is 3.81. The van der Waals surface area contributed by atoms with Crippen LogP contribution in [0.25, 0.3) is 11.3 Å². The molecular weight excluding hydrogens is 364 g/mol. The van der Waals surface area contributed by atoms with Gasteiger partial charge >= 0.3 is 5.97 Å². The normalized spacial score (nSPS) is 11.5. The van der Waals surface area contributed by atoms with E-state index in [0.717, 1.165) is 5.56 Å². The van der Waals surface area contributed by atoms with E-state index in [4.69, 9.17) is 20.6 Å². The highest BCUT2D eigenvalue weighted by Gasteiger charge is 2.22. The van der Waals surface area contributed by atoms with Crippen LogP contribution in [0.5, 0.6) is 5.75 Å². The fourth-order valence-corrected chi connectivity index (χ4v) is 2.51. The van der Waals surface area contributed by atoms with Crippen LogP contribution in [0.4, 0.5) is 0 Å². The van der Waals surface area contributed by atoms with E-state index in [2.05, 4.69) is 10.3 Å². The maximum Gasteiger partial charge on any atom is 0.326 e. The van der Waals surface area contributed by atoms with Crippen molar-refractivity contribution in [1.29, 1.82) is 0 Å². The highest BCUT2D eigenvalue weighted by Crippen LogP contribution is 2.26. The zero-order valence-electron chi connectivity index (χ0n) is 15.6. The number of ether oxygens (including phenoxy) is 1. The maximum atomic E-state index is 12.4. The smallest absolute Gasteiger partial charge is 0.326 e.